The van der Waals surface area contributed by atoms with Crippen LogP contribution < -0.4 is 0 Å². The van der Waals surface area contributed by atoms with Crippen LogP contribution in [0.1, 0.15) is 22.9 Å². The van der Waals surface area contributed by atoms with Gasteiger partial charge in [0.05, 0.1) is 0 Å². The molecule has 2 atom stereocenters. The molecule has 1 aliphatic rings. The van der Waals surface area contributed by atoms with Crippen molar-refractivity contribution < 1.29 is 10.2 Å². The average molecular weight is 165 g/mol. The van der Waals surface area contributed by atoms with Crippen molar-refractivity contribution in [3.63, 3.8) is 0 Å². The molecule has 12 heavy (non-hydrogen) atoms. The van der Waals surface area contributed by atoms with Crippen LogP contribution in [0.4, 0.5) is 0 Å². The van der Waals surface area contributed by atoms with Crippen molar-refractivity contribution in [3.05, 3.63) is 29.1 Å². The molecule has 3 nitrogen and oxygen atoms in total. The molecule has 0 fully saturated rings. The minimum Gasteiger partial charge on any atom is -0.386 e. The predicted molar refractivity (Wildman–Crippen MR) is 45.5 cm³/mol. The molecule has 0 spiro atoms. The highest BCUT2D eigenvalue weighted by Gasteiger charge is 2.24. The Balaban J connectivity index is 2.55. The second-order valence-corrected chi connectivity index (χ2v) is 3.09. The van der Waals surface area contributed by atoms with Crippen molar-refractivity contribution in [3.8, 4) is 0 Å². The maximum absolute atomic E-state index is 9.58. The first-order valence-electron chi connectivity index (χ1n) is 3.92. The lowest BCUT2D eigenvalue weighted by Crippen LogP contribution is -2.19. The zero-order chi connectivity index (χ0) is 8.72. The first-order chi connectivity index (χ1) is 5.70. The van der Waals surface area contributed by atoms with Crippen molar-refractivity contribution >= 4 is 6.08 Å². The van der Waals surface area contributed by atoms with E-state index in [1.165, 1.54) is 0 Å². The van der Waals surface area contributed by atoms with Gasteiger partial charge in [-0.05, 0) is 18.6 Å². The van der Waals surface area contributed by atoms with Gasteiger partial charge in [-0.2, -0.15) is 0 Å². The first-order valence-corrected chi connectivity index (χ1v) is 3.92. The molecule has 1 aliphatic carbocycles. The molecule has 2 unspecified atom stereocenters. The Hall–Kier alpha value is -1.06. The molecule has 0 saturated heterocycles. The summed E-state index contributed by atoms with van der Waals surface area (Å²) >= 11 is 0. The Kier molecular flexibility index (Phi) is 1.56. The van der Waals surface area contributed by atoms with Crippen molar-refractivity contribution in [2.45, 2.75) is 19.1 Å². The van der Waals surface area contributed by atoms with E-state index in [1.807, 2.05) is 13.1 Å². The fraction of sp³-hybridized carbons (Fsp3) is 0.333. The number of hydrogen-bond donors (Lipinski definition) is 3. The summed E-state index contributed by atoms with van der Waals surface area (Å²) in [5, 5.41) is 18.9. The molecule has 3 heteroatoms. The van der Waals surface area contributed by atoms with Gasteiger partial charge in [-0.15, -0.1) is 0 Å². The largest absolute Gasteiger partial charge is 0.386 e. The number of fused-ring (bicyclic) bond motifs is 1. The van der Waals surface area contributed by atoms with Crippen LogP contribution in [0.5, 0.6) is 0 Å². The van der Waals surface area contributed by atoms with E-state index in [9.17, 15) is 10.2 Å². The van der Waals surface area contributed by atoms with E-state index in [1.54, 1.807) is 12.2 Å². The van der Waals surface area contributed by atoms with Crippen LogP contribution in [0, 0.1) is 6.92 Å². The third-order valence-corrected chi connectivity index (χ3v) is 2.24. The quantitative estimate of drug-likeness (QED) is 0.531. The van der Waals surface area contributed by atoms with E-state index < -0.39 is 12.2 Å². The van der Waals surface area contributed by atoms with E-state index in [4.69, 9.17) is 0 Å². The summed E-state index contributed by atoms with van der Waals surface area (Å²) in [4.78, 5) is 3.02. The number of aliphatic hydroxyl groups is 2. The van der Waals surface area contributed by atoms with E-state index >= 15 is 0 Å². The van der Waals surface area contributed by atoms with Gasteiger partial charge in [0.1, 0.15) is 12.2 Å². The lowest BCUT2D eigenvalue weighted by atomic mass is 9.96. The molecule has 0 bridgehead atoms. The van der Waals surface area contributed by atoms with Crippen molar-refractivity contribution in [2.24, 2.45) is 0 Å². The standard InChI is InChI=1S/C9H11NO2/c1-5-4-10-6-2-3-7(11)9(12)8(5)6/h2-4,7,9-12H,1H3. The summed E-state index contributed by atoms with van der Waals surface area (Å²) in [6.07, 6.45) is 3.65. The smallest absolute Gasteiger partial charge is 0.111 e. The lowest BCUT2D eigenvalue weighted by Gasteiger charge is -2.19. The van der Waals surface area contributed by atoms with Gasteiger partial charge in [0.2, 0.25) is 0 Å². The number of aromatic amines is 1. The third-order valence-electron chi connectivity index (χ3n) is 2.24. The summed E-state index contributed by atoms with van der Waals surface area (Å²) in [7, 11) is 0. The molecule has 64 valence electrons. The van der Waals surface area contributed by atoms with Crippen LogP contribution in [-0.4, -0.2) is 21.3 Å². The van der Waals surface area contributed by atoms with E-state index in [0.29, 0.717) is 0 Å². The number of nitrogens with one attached hydrogen (secondary N) is 1. The molecule has 1 aromatic heterocycles. The highest BCUT2D eigenvalue weighted by Crippen LogP contribution is 2.29. The topological polar surface area (TPSA) is 56.2 Å². The first kappa shape index (κ1) is 7.58. The maximum Gasteiger partial charge on any atom is 0.111 e. The Labute approximate surface area is 70.4 Å². The van der Waals surface area contributed by atoms with Crippen molar-refractivity contribution in [1.29, 1.82) is 0 Å². The Morgan fingerprint density at radius 3 is 2.92 bits per heavy atom. The summed E-state index contributed by atoms with van der Waals surface area (Å²) in [5.41, 5.74) is 2.69. The van der Waals surface area contributed by atoms with Crippen molar-refractivity contribution in [2.75, 3.05) is 0 Å². The fourth-order valence-corrected chi connectivity index (χ4v) is 1.56. The number of H-pyrrole nitrogens is 1. The van der Waals surface area contributed by atoms with Crippen LogP contribution in [0.25, 0.3) is 6.08 Å². The van der Waals surface area contributed by atoms with Gasteiger partial charge < -0.3 is 15.2 Å². The van der Waals surface area contributed by atoms with Crippen LogP contribution in [0.3, 0.4) is 0 Å². The number of hydrogen-bond acceptors (Lipinski definition) is 2. The van der Waals surface area contributed by atoms with E-state index in [2.05, 4.69) is 4.98 Å². The van der Waals surface area contributed by atoms with Crippen LogP contribution in [0.15, 0.2) is 12.3 Å². The second kappa shape index (κ2) is 2.47. The molecule has 2 rings (SSSR count). The highest BCUT2D eigenvalue weighted by molar-refractivity contribution is 5.57. The molecule has 1 aromatic rings. The third kappa shape index (κ3) is 0.906. The zero-order valence-electron chi connectivity index (χ0n) is 6.78. The molecular weight excluding hydrogens is 154 g/mol. The van der Waals surface area contributed by atoms with Gasteiger partial charge in [0.15, 0.2) is 0 Å². The second-order valence-electron chi connectivity index (χ2n) is 3.09. The average Bonchev–Trinajstić information content (AvgIpc) is 2.41. The highest BCUT2D eigenvalue weighted by atomic mass is 16.3. The number of aliphatic hydroxyl groups excluding tert-OH is 2. The number of aryl methyl sites for hydroxylation is 1. The fourth-order valence-electron chi connectivity index (χ4n) is 1.56. The number of rotatable bonds is 0. The molecule has 0 aliphatic heterocycles. The Morgan fingerprint density at radius 2 is 2.17 bits per heavy atom. The van der Waals surface area contributed by atoms with E-state index in [-0.39, 0.29) is 0 Å². The van der Waals surface area contributed by atoms with Gasteiger partial charge in [0, 0.05) is 17.5 Å². The van der Waals surface area contributed by atoms with Crippen molar-refractivity contribution in [1.82, 2.24) is 4.98 Å². The van der Waals surface area contributed by atoms with Gasteiger partial charge in [-0.25, -0.2) is 0 Å². The molecule has 3 N–H and O–H groups in total. The zero-order valence-corrected chi connectivity index (χ0v) is 6.78. The summed E-state index contributed by atoms with van der Waals surface area (Å²) in [5.74, 6) is 0. The van der Waals surface area contributed by atoms with Gasteiger partial charge in [-0.1, -0.05) is 6.08 Å². The van der Waals surface area contributed by atoms with Gasteiger partial charge in [-0.3, -0.25) is 0 Å². The molecular formula is C9H11NO2. The molecule has 0 aromatic carbocycles. The molecule has 0 amide bonds. The van der Waals surface area contributed by atoms with Crippen LogP contribution >= 0.6 is 0 Å². The minimum atomic E-state index is -0.781. The minimum absolute atomic E-state index is 0.771. The number of aromatic nitrogens is 1. The molecule has 1 heterocycles. The monoisotopic (exact) mass is 165 g/mol. The van der Waals surface area contributed by atoms with Crippen LogP contribution in [-0.2, 0) is 0 Å². The predicted octanol–water partition coefficient (Wildman–Crippen LogP) is 0.744. The van der Waals surface area contributed by atoms with Crippen LogP contribution in [0.2, 0.25) is 0 Å². The SMILES string of the molecule is Cc1c[nH]c2c1C(O)C(O)C=C2. The van der Waals surface area contributed by atoms with Gasteiger partial charge >= 0.3 is 0 Å². The lowest BCUT2D eigenvalue weighted by molar-refractivity contribution is 0.0467. The summed E-state index contributed by atoms with van der Waals surface area (Å²) < 4.78 is 0. The Morgan fingerprint density at radius 1 is 1.42 bits per heavy atom. The maximum atomic E-state index is 9.58. The molecule has 0 radical (unpaired) electrons. The van der Waals surface area contributed by atoms with E-state index in [0.717, 1.165) is 16.8 Å². The van der Waals surface area contributed by atoms with Gasteiger partial charge in [0.25, 0.3) is 0 Å². The summed E-state index contributed by atoms with van der Waals surface area (Å²) in [6.45, 7) is 1.91. The Bertz CT molecular complexity index is 327. The summed E-state index contributed by atoms with van der Waals surface area (Å²) in [6, 6.07) is 0. The molecule has 0 saturated carbocycles. The normalized spacial score (nSPS) is 27.2.